The number of halogens is 6. The van der Waals surface area contributed by atoms with Crippen LogP contribution < -0.4 is 4.90 Å². The molecule has 0 aliphatic rings. The fourth-order valence-corrected chi connectivity index (χ4v) is 4.08. The number of alkyl halides is 6. The van der Waals surface area contributed by atoms with E-state index in [9.17, 15) is 34.8 Å². The number of sulfone groups is 1. The maximum Gasteiger partial charge on any atom is 0.420 e. The van der Waals surface area contributed by atoms with Gasteiger partial charge in [0.25, 0.3) is 0 Å². The number of hydrogen-bond donors (Lipinski definition) is 0. The summed E-state index contributed by atoms with van der Waals surface area (Å²) in [6, 6.07) is 1.19. The van der Waals surface area contributed by atoms with E-state index >= 15 is 0 Å². The van der Waals surface area contributed by atoms with Crippen LogP contribution >= 0.6 is 0 Å². The molecule has 0 radical (unpaired) electrons. The van der Waals surface area contributed by atoms with Gasteiger partial charge in [-0.25, -0.2) is 18.4 Å². The van der Waals surface area contributed by atoms with Crippen LogP contribution in [-0.2, 0) is 29.2 Å². The van der Waals surface area contributed by atoms with Gasteiger partial charge >= 0.3 is 12.4 Å². The monoisotopic (exact) mass is 481 g/mol. The summed E-state index contributed by atoms with van der Waals surface area (Å²) in [4.78, 5) is 12.1. The number of anilines is 1. The third-order valence-electron chi connectivity index (χ3n) is 4.66. The van der Waals surface area contributed by atoms with Crippen molar-refractivity contribution in [1.29, 1.82) is 0 Å². The molecule has 0 aliphatic carbocycles. The van der Waals surface area contributed by atoms with Gasteiger partial charge in [-0.15, -0.1) is 0 Å². The Morgan fingerprint density at radius 3 is 2.16 bits per heavy atom. The van der Waals surface area contributed by atoms with Gasteiger partial charge in [-0.1, -0.05) is 6.92 Å². The smallest absolute Gasteiger partial charge is 0.362 e. The molecular formula is C18H17F6N5O2S. The number of hydrogen-bond acceptors (Lipinski definition) is 6. The van der Waals surface area contributed by atoms with E-state index < -0.39 is 55.5 Å². The highest BCUT2D eigenvalue weighted by Gasteiger charge is 2.37. The summed E-state index contributed by atoms with van der Waals surface area (Å²) in [6.45, 7) is 1.24. The molecule has 7 nitrogen and oxygen atoms in total. The molecule has 0 unspecified atom stereocenters. The number of aryl methyl sites for hydroxylation is 1. The second-order valence-corrected chi connectivity index (χ2v) is 9.31. The number of imidazole rings is 1. The number of fused-ring (bicyclic) bond motifs is 1. The summed E-state index contributed by atoms with van der Waals surface area (Å²) in [7, 11) is -0.108. The van der Waals surface area contributed by atoms with Crippen LogP contribution in [0, 0.1) is 0 Å². The van der Waals surface area contributed by atoms with Crippen molar-refractivity contribution < 1.29 is 34.8 Å². The first-order chi connectivity index (χ1) is 14.6. The van der Waals surface area contributed by atoms with Gasteiger partial charge in [-0.05, 0) is 12.1 Å². The molecule has 0 aliphatic heterocycles. The SMILES string of the molecule is CCS(=O)(=O)c1cc(C(F)(F)F)cnc1-c1nc2cc(C(F)(F)F)c(N(C)C)nc2n1C. The molecule has 32 heavy (non-hydrogen) atoms. The highest BCUT2D eigenvalue weighted by atomic mass is 32.2. The highest BCUT2D eigenvalue weighted by molar-refractivity contribution is 7.91. The standard InChI is InChI=1S/C18H17F6N5O2S/c1-5-32(30,31)12-6-9(17(19,20)21)8-25-13(12)16-26-11-7-10(18(22,23)24)14(28(2)3)27-15(11)29(16)4/h6-8H,5H2,1-4H3. The Balaban J connectivity index is 2.37. The molecule has 0 atom stereocenters. The van der Waals surface area contributed by atoms with Gasteiger partial charge in [-0.3, -0.25) is 4.98 Å². The Hall–Kier alpha value is -2.90. The van der Waals surface area contributed by atoms with Gasteiger partial charge in [0.15, 0.2) is 21.3 Å². The lowest BCUT2D eigenvalue weighted by Crippen LogP contribution is -2.18. The van der Waals surface area contributed by atoms with Gasteiger partial charge in [0.2, 0.25) is 0 Å². The van der Waals surface area contributed by atoms with E-state index in [4.69, 9.17) is 0 Å². The first kappa shape index (κ1) is 23.8. The van der Waals surface area contributed by atoms with Crippen molar-refractivity contribution in [3.05, 3.63) is 29.5 Å². The van der Waals surface area contributed by atoms with Crippen LogP contribution in [0.5, 0.6) is 0 Å². The number of aromatic nitrogens is 4. The third kappa shape index (κ3) is 4.10. The van der Waals surface area contributed by atoms with Crippen LogP contribution in [0.25, 0.3) is 22.7 Å². The summed E-state index contributed by atoms with van der Waals surface area (Å²) < 4.78 is 106. The minimum Gasteiger partial charge on any atom is -0.362 e. The van der Waals surface area contributed by atoms with Gasteiger partial charge in [-0.2, -0.15) is 26.3 Å². The molecule has 0 fully saturated rings. The van der Waals surface area contributed by atoms with Crippen LogP contribution in [0.2, 0.25) is 0 Å². The minimum atomic E-state index is -4.85. The predicted molar refractivity (Wildman–Crippen MR) is 104 cm³/mol. The van der Waals surface area contributed by atoms with E-state index in [1.165, 1.54) is 32.6 Å². The van der Waals surface area contributed by atoms with E-state index in [1.807, 2.05) is 0 Å². The minimum absolute atomic E-state index is 0.0294. The topological polar surface area (TPSA) is 81.0 Å². The zero-order valence-electron chi connectivity index (χ0n) is 17.2. The molecule has 0 N–H and O–H groups in total. The second kappa shape index (κ2) is 7.60. The van der Waals surface area contributed by atoms with Crippen molar-refractivity contribution >= 4 is 26.8 Å². The zero-order valence-corrected chi connectivity index (χ0v) is 18.0. The Labute approximate surface area is 178 Å². The van der Waals surface area contributed by atoms with Gasteiger partial charge in [0.05, 0.1) is 16.2 Å². The van der Waals surface area contributed by atoms with Gasteiger partial charge in [0, 0.05) is 27.3 Å². The Morgan fingerprint density at radius 1 is 1.03 bits per heavy atom. The summed E-state index contributed by atoms with van der Waals surface area (Å²) >= 11 is 0. The van der Waals surface area contributed by atoms with Gasteiger partial charge in [0.1, 0.15) is 22.6 Å². The molecule has 3 aromatic heterocycles. The molecule has 0 amide bonds. The first-order valence-corrected chi connectivity index (χ1v) is 10.7. The van der Waals surface area contributed by atoms with E-state index in [2.05, 4.69) is 15.0 Å². The summed E-state index contributed by atoms with van der Waals surface area (Å²) in [6.07, 6.45) is -9.15. The molecular weight excluding hydrogens is 464 g/mol. The van der Waals surface area contributed by atoms with E-state index in [0.29, 0.717) is 12.3 Å². The van der Waals surface area contributed by atoms with Crippen LogP contribution in [0.4, 0.5) is 32.2 Å². The van der Waals surface area contributed by atoms with Crippen molar-refractivity contribution in [3.8, 4) is 11.5 Å². The highest BCUT2D eigenvalue weighted by Crippen LogP contribution is 2.38. The molecule has 0 saturated carbocycles. The Kier molecular flexibility index (Phi) is 5.64. The van der Waals surface area contributed by atoms with Crippen molar-refractivity contribution in [2.24, 2.45) is 7.05 Å². The summed E-state index contributed by atoms with van der Waals surface area (Å²) in [5.41, 5.74) is -3.01. The molecule has 0 bridgehead atoms. The Bertz CT molecular complexity index is 1300. The number of pyridine rings is 2. The Morgan fingerprint density at radius 2 is 1.66 bits per heavy atom. The maximum absolute atomic E-state index is 13.5. The molecule has 14 heteroatoms. The number of rotatable bonds is 4. The average molecular weight is 481 g/mol. The second-order valence-electron chi connectivity index (χ2n) is 7.06. The quantitative estimate of drug-likeness (QED) is 0.526. The van der Waals surface area contributed by atoms with E-state index in [1.54, 1.807) is 0 Å². The maximum atomic E-state index is 13.5. The molecule has 174 valence electrons. The zero-order chi connectivity index (χ0) is 24.2. The van der Waals surface area contributed by atoms with Crippen LogP contribution in [0.15, 0.2) is 23.2 Å². The van der Waals surface area contributed by atoms with Crippen molar-refractivity contribution in [2.75, 3.05) is 24.7 Å². The predicted octanol–water partition coefficient (Wildman–Crippen LogP) is 3.93. The fourth-order valence-electron chi connectivity index (χ4n) is 3.02. The van der Waals surface area contributed by atoms with Crippen LogP contribution in [-0.4, -0.2) is 47.8 Å². The summed E-state index contributed by atoms with van der Waals surface area (Å²) in [5, 5.41) is 0. The summed E-state index contributed by atoms with van der Waals surface area (Å²) in [5.74, 6) is -1.16. The van der Waals surface area contributed by atoms with E-state index in [-0.39, 0.29) is 17.0 Å². The molecule has 0 spiro atoms. The molecule has 3 heterocycles. The lowest BCUT2D eigenvalue weighted by molar-refractivity contribution is -0.138. The van der Waals surface area contributed by atoms with Crippen LogP contribution in [0.1, 0.15) is 18.1 Å². The fraction of sp³-hybridized carbons (Fsp3) is 0.389. The van der Waals surface area contributed by atoms with Crippen molar-refractivity contribution in [2.45, 2.75) is 24.2 Å². The van der Waals surface area contributed by atoms with Crippen molar-refractivity contribution in [3.63, 3.8) is 0 Å². The van der Waals surface area contributed by atoms with E-state index in [0.717, 1.165) is 11.0 Å². The molecule has 0 aromatic carbocycles. The van der Waals surface area contributed by atoms with Gasteiger partial charge < -0.3 is 9.47 Å². The van der Waals surface area contributed by atoms with Crippen LogP contribution in [0.3, 0.4) is 0 Å². The lowest BCUT2D eigenvalue weighted by atomic mass is 10.2. The normalized spacial score (nSPS) is 13.1. The lowest BCUT2D eigenvalue weighted by Gasteiger charge is -2.18. The molecule has 0 saturated heterocycles. The van der Waals surface area contributed by atoms with Crippen molar-refractivity contribution in [1.82, 2.24) is 19.5 Å². The number of nitrogens with zero attached hydrogens (tertiary/aromatic N) is 5. The third-order valence-corrected chi connectivity index (χ3v) is 6.40. The molecule has 3 rings (SSSR count). The average Bonchev–Trinajstić information content (AvgIpc) is 3.01. The molecule has 3 aromatic rings. The largest absolute Gasteiger partial charge is 0.420 e. The first-order valence-electron chi connectivity index (χ1n) is 9.00.